The van der Waals surface area contributed by atoms with Crippen LogP contribution in [0.15, 0.2) is 210 Å². The first-order chi connectivity index (χ1) is 49.2. The lowest BCUT2D eigenvalue weighted by Crippen LogP contribution is -2.29. The molecule has 1 aliphatic rings. The summed E-state index contributed by atoms with van der Waals surface area (Å²) in [5.74, 6) is 4.31. The molecule has 0 aliphatic carbocycles. The Labute approximate surface area is 610 Å². The van der Waals surface area contributed by atoms with Gasteiger partial charge in [-0.05, 0) is 177 Å². The molecule has 0 radical (unpaired) electrons. The Bertz CT molecular complexity index is 5040. The van der Waals surface area contributed by atoms with Gasteiger partial charge in [-0.15, -0.1) is 0 Å². The first-order valence-corrected chi connectivity index (χ1v) is 39.2. The third-order valence-corrected chi connectivity index (χ3v) is 22.5. The molecule has 6 aromatic heterocycles. The van der Waals surface area contributed by atoms with E-state index in [2.05, 4.69) is 81.9 Å². The standard InChI is InChI=1S/C26H30N6O2S.C26H34N6O2S.C25H28N6O2S/c1-19-16-27-25(30-21-11-9-20(10-12-21)17-32-14-6-13-28-32)31-24(19)29-22-7-5-8-23(15-22)35(33,34)18-26(2,3)4;1-19-16-28-25(30-21-11-12-23(27-17-21)32-13-6-5-7-14-32)31-24(19)29-20-9-8-10-22(15-20)35(33,34)18-26(2,3)4;1-18-16-26-24(29-19-9-11-21(12-10-19)31-14-6-13-27-31)30-23(18)28-20-7-5-8-22(15-20)34(32,33)17-25(2,3)4/h5-16H,17-18H2,1-4H3,(H2,27,29,30,31);8-12,15-17H,5-7,13-14,18H2,1-4H3,(H2,28,29,30,31);5-16H,17H2,1-4H3,(H2,26,28,29,30). The number of piperidine rings is 1. The largest absolute Gasteiger partial charge is 0.357 e. The topological polar surface area (TPSA) is 304 Å². The normalized spacial score (nSPS) is 12.8. The second kappa shape index (κ2) is 32.8. The van der Waals surface area contributed by atoms with Gasteiger partial charge in [0.15, 0.2) is 29.5 Å². The van der Waals surface area contributed by atoms with Crippen LogP contribution in [-0.2, 0) is 36.1 Å². The first-order valence-electron chi connectivity index (χ1n) is 34.2. The van der Waals surface area contributed by atoms with E-state index in [0.717, 1.165) is 63.9 Å². The maximum Gasteiger partial charge on any atom is 0.229 e. The zero-order valence-electron chi connectivity index (χ0n) is 60.9. The van der Waals surface area contributed by atoms with E-state index >= 15 is 0 Å². The Morgan fingerprint density at radius 2 is 0.788 bits per heavy atom. The highest BCUT2D eigenvalue weighted by Crippen LogP contribution is 2.32. The Morgan fingerprint density at radius 1 is 0.394 bits per heavy atom. The number of hydrogen-bond acceptors (Lipinski definition) is 22. The first kappa shape index (κ1) is 76.0. The van der Waals surface area contributed by atoms with Crippen LogP contribution in [0.5, 0.6) is 0 Å². The average molecular weight is 1460 g/mol. The van der Waals surface area contributed by atoms with Crippen LogP contribution in [0.4, 0.5) is 75.2 Å². The minimum atomic E-state index is -3.40. The molecule has 6 N–H and O–H groups in total. The molecule has 0 spiro atoms. The molecular formula is C77H92N18O6S3. The van der Waals surface area contributed by atoms with Gasteiger partial charge in [-0.1, -0.05) is 92.6 Å². The van der Waals surface area contributed by atoms with Crippen molar-refractivity contribution in [1.29, 1.82) is 0 Å². The molecular weight excluding hydrogens is 1370 g/mol. The molecule has 0 atom stereocenters. The van der Waals surface area contributed by atoms with Crippen LogP contribution < -0.4 is 36.8 Å². The number of hydrogen-bond donors (Lipinski definition) is 6. The Morgan fingerprint density at radius 3 is 1.16 bits per heavy atom. The second-order valence-electron chi connectivity index (χ2n) is 29.3. The fourth-order valence-electron chi connectivity index (χ4n) is 11.1. The van der Waals surface area contributed by atoms with Crippen LogP contribution in [0, 0.1) is 37.0 Å². The van der Waals surface area contributed by atoms with E-state index < -0.39 is 29.5 Å². The minimum absolute atomic E-state index is 0.0727. The van der Waals surface area contributed by atoms with Gasteiger partial charge in [-0.3, -0.25) is 4.68 Å². The van der Waals surface area contributed by atoms with Gasteiger partial charge in [0.1, 0.15) is 23.3 Å². The van der Waals surface area contributed by atoms with E-state index in [1.54, 1.807) is 96.5 Å². The van der Waals surface area contributed by atoms with E-state index in [9.17, 15) is 25.3 Å². The van der Waals surface area contributed by atoms with Crippen molar-refractivity contribution in [2.75, 3.05) is 67.1 Å². The summed E-state index contributed by atoms with van der Waals surface area (Å²) in [7, 11) is -10.2. The molecule has 27 heteroatoms. The van der Waals surface area contributed by atoms with Crippen molar-refractivity contribution in [3.05, 3.63) is 217 Å². The lowest BCUT2D eigenvalue weighted by atomic mass is 10.0. The third kappa shape index (κ3) is 22.4. The van der Waals surface area contributed by atoms with E-state index in [-0.39, 0.29) is 43.3 Å². The molecule has 0 saturated carbocycles. The molecule has 104 heavy (non-hydrogen) atoms. The monoisotopic (exact) mass is 1460 g/mol. The van der Waals surface area contributed by atoms with Gasteiger partial charge in [0.25, 0.3) is 0 Å². The molecule has 7 heterocycles. The van der Waals surface area contributed by atoms with Crippen LogP contribution >= 0.6 is 0 Å². The van der Waals surface area contributed by atoms with Gasteiger partial charge < -0.3 is 36.8 Å². The SMILES string of the molecule is Cc1cnc(Nc2ccc(-n3cccn3)cc2)nc1Nc1cccc(S(=O)(=O)CC(C)(C)C)c1.Cc1cnc(Nc2ccc(Cn3cccn3)cc2)nc1Nc1cccc(S(=O)(=O)CC(C)(C)C)c1.Cc1cnc(Nc2ccc(N3CCCCC3)nc2)nc1Nc1cccc(S(=O)(=O)CC(C)(C)C)c1. The van der Waals surface area contributed by atoms with E-state index in [1.807, 2.05) is 191 Å². The summed E-state index contributed by atoms with van der Waals surface area (Å²) in [5, 5.41) is 27.8. The van der Waals surface area contributed by atoms with Gasteiger partial charge in [0.2, 0.25) is 17.8 Å². The Balaban J connectivity index is 0.000000167. The molecule has 1 saturated heterocycles. The number of aromatic nitrogens is 11. The van der Waals surface area contributed by atoms with Crippen LogP contribution in [-0.4, -0.2) is 110 Å². The Kier molecular flexibility index (Phi) is 24.0. The van der Waals surface area contributed by atoms with Crippen LogP contribution in [0.2, 0.25) is 0 Å². The molecule has 12 rings (SSSR count). The number of anilines is 13. The molecule has 1 aliphatic heterocycles. The fraction of sp³-hybridized carbons (Fsp3) is 0.312. The average Bonchev–Trinajstić information content (AvgIpc) is 0.984. The summed E-state index contributed by atoms with van der Waals surface area (Å²) in [5.41, 5.74) is 8.06. The molecule has 11 aromatic rings. The summed E-state index contributed by atoms with van der Waals surface area (Å²) in [6.07, 6.45) is 18.0. The summed E-state index contributed by atoms with van der Waals surface area (Å²) >= 11 is 0. The number of benzene rings is 5. The zero-order chi connectivity index (χ0) is 74.5. The van der Waals surface area contributed by atoms with Crippen molar-refractivity contribution in [2.45, 2.75) is 124 Å². The van der Waals surface area contributed by atoms with Crippen molar-refractivity contribution in [2.24, 2.45) is 16.2 Å². The molecule has 24 nitrogen and oxygen atoms in total. The predicted molar refractivity (Wildman–Crippen MR) is 415 cm³/mol. The molecule has 544 valence electrons. The smallest absolute Gasteiger partial charge is 0.229 e. The quantitative estimate of drug-likeness (QED) is 0.0367. The lowest BCUT2D eigenvalue weighted by Gasteiger charge is -2.27. The van der Waals surface area contributed by atoms with Gasteiger partial charge >= 0.3 is 0 Å². The molecule has 0 amide bonds. The number of sulfone groups is 3. The summed E-state index contributed by atoms with van der Waals surface area (Å²) in [4.78, 5) is 34.7. The fourth-order valence-corrected chi connectivity index (χ4v) is 16.8. The molecule has 1 fully saturated rings. The number of aryl methyl sites for hydroxylation is 3. The van der Waals surface area contributed by atoms with E-state index in [4.69, 9.17) is 0 Å². The summed E-state index contributed by atoms with van der Waals surface area (Å²) < 4.78 is 80.6. The number of nitrogens with zero attached hydrogens (tertiary/aromatic N) is 12. The maximum absolute atomic E-state index is 12.8. The van der Waals surface area contributed by atoms with Crippen LogP contribution in [0.1, 0.15) is 104 Å². The van der Waals surface area contributed by atoms with Crippen molar-refractivity contribution < 1.29 is 25.3 Å². The van der Waals surface area contributed by atoms with Crippen molar-refractivity contribution in [3.8, 4) is 5.69 Å². The molecule has 0 bridgehead atoms. The third-order valence-electron chi connectivity index (χ3n) is 15.8. The van der Waals surface area contributed by atoms with Gasteiger partial charge in [-0.25, -0.2) is 49.9 Å². The van der Waals surface area contributed by atoms with Gasteiger partial charge in [-0.2, -0.15) is 25.1 Å². The molecule has 5 aromatic carbocycles. The van der Waals surface area contributed by atoms with Gasteiger partial charge in [0.05, 0.1) is 56.1 Å². The number of pyridine rings is 1. The van der Waals surface area contributed by atoms with Crippen molar-refractivity contribution in [3.63, 3.8) is 0 Å². The highest BCUT2D eigenvalue weighted by Gasteiger charge is 2.27. The van der Waals surface area contributed by atoms with Crippen LogP contribution in [0.3, 0.4) is 0 Å². The predicted octanol–water partition coefficient (Wildman–Crippen LogP) is 16.1. The second-order valence-corrected chi connectivity index (χ2v) is 35.3. The molecule has 0 unspecified atom stereocenters. The van der Waals surface area contributed by atoms with Crippen molar-refractivity contribution in [1.82, 2.24) is 54.4 Å². The highest BCUT2D eigenvalue weighted by atomic mass is 32.2. The van der Waals surface area contributed by atoms with Crippen LogP contribution in [0.25, 0.3) is 5.69 Å². The minimum Gasteiger partial charge on any atom is -0.357 e. The number of rotatable bonds is 22. The lowest BCUT2D eigenvalue weighted by molar-refractivity contribution is 0.460. The summed E-state index contributed by atoms with van der Waals surface area (Å²) in [6, 6.07) is 44.0. The zero-order valence-corrected chi connectivity index (χ0v) is 63.3. The highest BCUT2D eigenvalue weighted by molar-refractivity contribution is 7.92. The van der Waals surface area contributed by atoms with Crippen molar-refractivity contribution >= 4 is 105 Å². The summed E-state index contributed by atoms with van der Waals surface area (Å²) in [6.45, 7) is 25.7. The number of nitrogens with one attached hydrogen (secondary N) is 6. The van der Waals surface area contributed by atoms with E-state index in [0.29, 0.717) is 63.8 Å². The Hall–Kier alpha value is -10.6. The van der Waals surface area contributed by atoms with E-state index in [1.165, 1.54) is 19.3 Å². The van der Waals surface area contributed by atoms with Gasteiger partial charge in [0, 0.05) is 102 Å². The maximum atomic E-state index is 12.8.